The van der Waals surface area contributed by atoms with Gasteiger partial charge in [-0.1, -0.05) is 45.9 Å². The van der Waals surface area contributed by atoms with E-state index in [1.807, 2.05) is 54.8 Å². The number of para-hydroxylation sites is 1. The first-order valence-corrected chi connectivity index (χ1v) is 8.04. The summed E-state index contributed by atoms with van der Waals surface area (Å²) in [5.41, 5.74) is 1.50. The van der Waals surface area contributed by atoms with Crippen molar-refractivity contribution in [3.05, 3.63) is 63.4 Å². The molecule has 0 aliphatic rings. The lowest BCUT2D eigenvalue weighted by Crippen LogP contribution is -2.21. The lowest BCUT2D eigenvalue weighted by molar-refractivity contribution is 0.821. The van der Waals surface area contributed by atoms with Gasteiger partial charge in [-0.3, -0.25) is 9.36 Å². The molecule has 0 saturated heterocycles. The van der Waals surface area contributed by atoms with Crippen molar-refractivity contribution in [2.24, 2.45) is 0 Å². The van der Waals surface area contributed by atoms with Crippen molar-refractivity contribution in [1.29, 1.82) is 0 Å². The summed E-state index contributed by atoms with van der Waals surface area (Å²) < 4.78 is 2.53. The maximum atomic E-state index is 12.7. The number of fused-ring (bicyclic) bond motifs is 1. The number of aromatic nitrogens is 2. The molecule has 0 radical (unpaired) electrons. The molecular formula is C15H11BrN2OS. The highest BCUT2D eigenvalue weighted by atomic mass is 79.9. The van der Waals surface area contributed by atoms with Crippen molar-refractivity contribution in [1.82, 2.24) is 9.55 Å². The molecule has 3 rings (SSSR count). The number of halogens is 1. The molecule has 0 unspecified atom stereocenters. The van der Waals surface area contributed by atoms with Gasteiger partial charge in [-0.05, 0) is 36.6 Å². The Morgan fingerprint density at radius 2 is 1.90 bits per heavy atom. The van der Waals surface area contributed by atoms with Crippen molar-refractivity contribution in [2.75, 3.05) is 6.26 Å². The third-order valence-electron chi connectivity index (χ3n) is 3.00. The molecule has 1 aromatic heterocycles. The van der Waals surface area contributed by atoms with Gasteiger partial charge in [-0.25, -0.2) is 4.98 Å². The highest BCUT2D eigenvalue weighted by molar-refractivity contribution is 9.10. The molecule has 20 heavy (non-hydrogen) atoms. The van der Waals surface area contributed by atoms with Gasteiger partial charge in [0.05, 0.1) is 16.6 Å². The van der Waals surface area contributed by atoms with Gasteiger partial charge in [0.25, 0.3) is 5.56 Å². The largest absolute Gasteiger partial charge is 0.268 e. The molecule has 1 heterocycles. The highest BCUT2D eigenvalue weighted by Gasteiger charge is 2.12. The van der Waals surface area contributed by atoms with E-state index >= 15 is 0 Å². The summed E-state index contributed by atoms with van der Waals surface area (Å²) in [6.07, 6.45) is 1.92. The van der Waals surface area contributed by atoms with Crippen LogP contribution in [-0.4, -0.2) is 15.8 Å². The number of hydrogen-bond acceptors (Lipinski definition) is 3. The number of benzene rings is 2. The molecule has 0 N–H and O–H groups in total. The summed E-state index contributed by atoms with van der Waals surface area (Å²) in [6.45, 7) is 0. The van der Waals surface area contributed by atoms with Gasteiger partial charge in [-0.15, -0.1) is 0 Å². The van der Waals surface area contributed by atoms with Crippen LogP contribution in [-0.2, 0) is 0 Å². The van der Waals surface area contributed by atoms with E-state index < -0.39 is 0 Å². The highest BCUT2D eigenvalue weighted by Crippen LogP contribution is 2.21. The van der Waals surface area contributed by atoms with Gasteiger partial charge in [-0.2, -0.15) is 0 Å². The molecule has 0 atom stereocenters. The zero-order chi connectivity index (χ0) is 14.1. The molecule has 0 aliphatic carbocycles. The van der Waals surface area contributed by atoms with Crippen LogP contribution in [0.1, 0.15) is 0 Å². The molecule has 0 amide bonds. The second-order valence-electron chi connectivity index (χ2n) is 4.24. The number of hydrogen-bond donors (Lipinski definition) is 0. The number of rotatable bonds is 2. The van der Waals surface area contributed by atoms with Crippen LogP contribution >= 0.6 is 27.7 Å². The minimum atomic E-state index is -0.0492. The lowest BCUT2D eigenvalue weighted by Gasteiger charge is -2.11. The molecule has 5 heteroatoms. The fourth-order valence-electron chi connectivity index (χ4n) is 2.08. The molecule has 3 nitrogen and oxygen atoms in total. The molecule has 3 aromatic rings. The first-order valence-electron chi connectivity index (χ1n) is 6.02. The zero-order valence-electron chi connectivity index (χ0n) is 10.7. The molecule has 0 spiro atoms. The van der Waals surface area contributed by atoms with Crippen molar-refractivity contribution in [2.45, 2.75) is 5.16 Å². The van der Waals surface area contributed by atoms with Crippen LogP contribution in [0.25, 0.3) is 16.6 Å². The van der Waals surface area contributed by atoms with E-state index in [-0.39, 0.29) is 5.56 Å². The molecule has 0 bridgehead atoms. The van der Waals surface area contributed by atoms with E-state index in [4.69, 9.17) is 0 Å². The standard InChI is InChI=1S/C15H11BrN2OS/c1-20-15-17-13-8-7-10(16)9-12(13)14(19)18(15)11-5-3-2-4-6-11/h2-9H,1H3. The summed E-state index contributed by atoms with van der Waals surface area (Å²) in [5, 5.41) is 1.30. The van der Waals surface area contributed by atoms with Gasteiger partial charge < -0.3 is 0 Å². The molecule has 0 aliphatic heterocycles. The van der Waals surface area contributed by atoms with Crippen LogP contribution in [0.3, 0.4) is 0 Å². The Morgan fingerprint density at radius 3 is 2.60 bits per heavy atom. The second kappa shape index (κ2) is 5.42. The summed E-state index contributed by atoms with van der Waals surface area (Å²) >= 11 is 4.87. The summed E-state index contributed by atoms with van der Waals surface area (Å²) in [7, 11) is 0. The molecule has 2 aromatic carbocycles. The van der Waals surface area contributed by atoms with Crippen LogP contribution in [0.5, 0.6) is 0 Å². The molecular weight excluding hydrogens is 336 g/mol. The summed E-state index contributed by atoms with van der Waals surface area (Å²) in [4.78, 5) is 17.3. The second-order valence-corrected chi connectivity index (χ2v) is 5.93. The monoisotopic (exact) mass is 346 g/mol. The normalized spacial score (nSPS) is 10.9. The Kier molecular flexibility index (Phi) is 3.63. The summed E-state index contributed by atoms with van der Waals surface area (Å²) in [5.74, 6) is 0. The molecule has 0 fully saturated rings. The Hall–Kier alpha value is -1.59. The number of thioether (sulfide) groups is 1. The number of nitrogens with zero attached hydrogens (tertiary/aromatic N) is 2. The third-order valence-corrected chi connectivity index (χ3v) is 4.13. The minimum absolute atomic E-state index is 0.0492. The summed E-state index contributed by atoms with van der Waals surface area (Å²) in [6, 6.07) is 15.1. The van der Waals surface area contributed by atoms with Crippen LogP contribution in [0.2, 0.25) is 0 Å². The quantitative estimate of drug-likeness (QED) is 0.521. The molecule has 0 saturated carbocycles. The van der Waals surface area contributed by atoms with Crippen LogP contribution in [0.4, 0.5) is 0 Å². The first kappa shape index (κ1) is 13.4. The van der Waals surface area contributed by atoms with Crippen molar-refractivity contribution in [3.63, 3.8) is 0 Å². The van der Waals surface area contributed by atoms with Crippen molar-refractivity contribution >= 4 is 38.6 Å². The van der Waals surface area contributed by atoms with Crippen molar-refractivity contribution < 1.29 is 0 Å². The van der Waals surface area contributed by atoms with Gasteiger partial charge in [0.2, 0.25) is 0 Å². The van der Waals surface area contributed by atoms with E-state index in [0.717, 1.165) is 15.7 Å². The fraction of sp³-hybridized carbons (Fsp3) is 0.0667. The van der Waals surface area contributed by atoms with Crippen LogP contribution in [0.15, 0.2) is 63.0 Å². The first-order chi connectivity index (χ1) is 9.70. The fourth-order valence-corrected chi connectivity index (χ4v) is 3.00. The van der Waals surface area contributed by atoms with E-state index in [1.54, 1.807) is 4.57 Å². The van der Waals surface area contributed by atoms with E-state index in [1.165, 1.54) is 11.8 Å². The predicted octanol–water partition coefficient (Wildman–Crippen LogP) is 3.87. The Balaban J connectivity index is 2.41. The van der Waals surface area contributed by atoms with E-state index in [9.17, 15) is 4.79 Å². The van der Waals surface area contributed by atoms with Gasteiger partial charge in [0, 0.05) is 4.47 Å². The predicted molar refractivity (Wildman–Crippen MR) is 86.8 cm³/mol. The SMILES string of the molecule is CSc1nc2ccc(Br)cc2c(=O)n1-c1ccccc1. The minimum Gasteiger partial charge on any atom is -0.268 e. The average molecular weight is 347 g/mol. The van der Waals surface area contributed by atoms with E-state index in [0.29, 0.717) is 10.5 Å². The maximum absolute atomic E-state index is 12.7. The Morgan fingerprint density at radius 1 is 1.15 bits per heavy atom. The van der Waals surface area contributed by atoms with Gasteiger partial charge in [0.1, 0.15) is 0 Å². The topological polar surface area (TPSA) is 34.9 Å². The zero-order valence-corrected chi connectivity index (χ0v) is 13.1. The smallest absolute Gasteiger partial charge is 0.266 e. The van der Waals surface area contributed by atoms with E-state index in [2.05, 4.69) is 20.9 Å². The van der Waals surface area contributed by atoms with Gasteiger partial charge in [0.15, 0.2) is 5.16 Å². The average Bonchev–Trinajstić information content (AvgIpc) is 2.48. The molecule has 100 valence electrons. The Labute approximate surface area is 128 Å². The van der Waals surface area contributed by atoms with Crippen LogP contribution < -0.4 is 5.56 Å². The maximum Gasteiger partial charge on any atom is 0.266 e. The van der Waals surface area contributed by atoms with Crippen LogP contribution in [0, 0.1) is 0 Å². The lowest BCUT2D eigenvalue weighted by atomic mass is 10.2. The van der Waals surface area contributed by atoms with Crippen molar-refractivity contribution in [3.8, 4) is 5.69 Å². The van der Waals surface area contributed by atoms with Gasteiger partial charge >= 0.3 is 0 Å². The Bertz CT molecular complexity index is 830. The third kappa shape index (κ3) is 2.27.